The lowest BCUT2D eigenvalue weighted by atomic mass is 10.0. The molecule has 0 unspecified atom stereocenters. The summed E-state index contributed by atoms with van der Waals surface area (Å²) < 4.78 is 34.6. The summed E-state index contributed by atoms with van der Waals surface area (Å²) >= 11 is 0. The highest BCUT2D eigenvalue weighted by Crippen LogP contribution is 2.23. The molecule has 1 amide bonds. The molecule has 1 aromatic heterocycles. The van der Waals surface area contributed by atoms with Crippen LogP contribution in [-0.4, -0.2) is 69.8 Å². The number of hydrogen-bond donors (Lipinski definition) is 0. The van der Waals surface area contributed by atoms with Crippen LogP contribution in [0.5, 0.6) is 0 Å². The first-order valence-electron chi connectivity index (χ1n) is 9.74. The highest BCUT2D eigenvalue weighted by molar-refractivity contribution is 7.90. The Kier molecular flexibility index (Phi) is 7.10. The molecule has 158 valence electrons. The predicted molar refractivity (Wildman–Crippen MR) is 109 cm³/mol. The van der Waals surface area contributed by atoms with Crippen molar-refractivity contribution in [1.82, 2.24) is 9.80 Å². The summed E-state index contributed by atoms with van der Waals surface area (Å²) in [4.78, 5) is 17.3. The zero-order valence-electron chi connectivity index (χ0n) is 16.9. The minimum Gasteiger partial charge on any atom is -0.459 e. The fraction of sp³-hybridized carbons (Fsp3) is 0.476. The van der Waals surface area contributed by atoms with Crippen LogP contribution in [0, 0.1) is 0 Å². The zero-order valence-corrected chi connectivity index (χ0v) is 17.7. The first-order chi connectivity index (χ1) is 13.9. The topological polar surface area (TPSA) is 80.1 Å². The molecule has 1 aromatic carbocycles. The van der Waals surface area contributed by atoms with Crippen molar-refractivity contribution in [3.05, 3.63) is 54.0 Å². The van der Waals surface area contributed by atoms with Gasteiger partial charge in [-0.1, -0.05) is 18.2 Å². The van der Waals surface area contributed by atoms with E-state index in [0.29, 0.717) is 30.4 Å². The number of amides is 1. The van der Waals surface area contributed by atoms with E-state index < -0.39 is 9.84 Å². The number of carbonyl (C=O) groups excluding carboxylic acids is 1. The summed E-state index contributed by atoms with van der Waals surface area (Å²) in [6.07, 6.45) is 4.38. The van der Waals surface area contributed by atoms with E-state index in [1.54, 1.807) is 31.4 Å². The molecular weight excluding hydrogens is 392 g/mol. The third-order valence-corrected chi connectivity index (χ3v) is 6.49. The first-order valence-corrected chi connectivity index (χ1v) is 11.6. The predicted octanol–water partition coefficient (Wildman–Crippen LogP) is 2.44. The average molecular weight is 421 g/mol. The van der Waals surface area contributed by atoms with E-state index in [0.717, 1.165) is 31.5 Å². The van der Waals surface area contributed by atoms with Gasteiger partial charge in [0.05, 0.1) is 17.8 Å². The van der Waals surface area contributed by atoms with Crippen LogP contribution < -0.4 is 0 Å². The molecule has 0 bridgehead atoms. The number of nitrogens with zero attached hydrogens (tertiary/aromatic N) is 2. The van der Waals surface area contributed by atoms with Crippen molar-refractivity contribution < 1.29 is 22.4 Å². The summed E-state index contributed by atoms with van der Waals surface area (Å²) in [6, 6.07) is 10.6. The van der Waals surface area contributed by atoms with Gasteiger partial charge in [0.25, 0.3) is 5.91 Å². The van der Waals surface area contributed by atoms with Gasteiger partial charge in [-0.05, 0) is 36.6 Å². The molecule has 1 fully saturated rings. The van der Waals surface area contributed by atoms with Crippen molar-refractivity contribution in [2.24, 2.45) is 0 Å². The average Bonchev–Trinajstić information content (AvgIpc) is 3.24. The molecule has 7 nitrogen and oxygen atoms in total. The van der Waals surface area contributed by atoms with E-state index in [-0.39, 0.29) is 11.9 Å². The van der Waals surface area contributed by atoms with Gasteiger partial charge in [0.1, 0.15) is 0 Å². The number of hydrogen-bond acceptors (Lipinski definition) is 6. The van der Waals surface area contributed by atoms with Gasteiger partial charge in [0.2, 0.25) is 0 Å². The van der Waals surface area contributed by atoms with E-state index in [9.17, 15) is 13.2 Å². The molecule has 29 heavy (non-hydrogen) atoms. The Morgan fingerprint density at radius 3 is 2.55 bits per heavy atom. The standard InChI is InChI=1S/C21H28N2O5S/c1-27-15-13-23(21(24)19-7-5-14-28-19)18-9-11-22(12-10-18)16-17-6-3-4-8-20(17)29(2,25)26/h3-8,14,18H,9-13,15-16H2,1-2H3. The highest BCUT2D eigenvalue weighted by Gasteiger charge is 2.30. The number of rotatable bonds is 8. The molecule has 1 aliphatic heterocycles. The van der Waals surface area contributed by atoms with Crippen LogP contribution in [0.4, 0.5) is 0 Å². The Labute approximate surface area is 172 Å². The lowest BCUT2D eigenvalue weighted by Gasteiger charge is -2.38. The normalized spacial score (nSPS) is 16.1. The fourth-order valence-electron chi connectivity index (χ4n) is 3.81. The molecule has 0 saturated carbocycles. The first kappa shape index (κ1) is 21.5. The molecular formula is C21H28N2O5S. The van der Waals surface area contributed by atoms with Gasteiger partial charge >= 0.3 is 0 Å². The van der Waals surface area contributed by atoms with Crippen molar-refractivity contribution >= 4 is 15.7 Å². The Bertz CT molecular complexity index is 903. The second kappa shape index (κ2) is 9.56. The largest absolute Gasteiger partial charge is 0.459 e. The zero-order chi connectivity index (χ0) is 20.9. The van der Waals surface area contributed by atoms with Crippen LogP contribution in [0.25, 0.3) is 0 Å². The maximum absolute atomic E-state index is 12.8. The van der Waals surface area contributed by atoms with E-state index >= 15 is 0 Å². The van der Waals surface area contributed by atoms with Gasteiger partial charge in [-0.25, -0.2) is 8.42 Å². The van der Waals surface area contributed by atoms with Crippen molar-refractivity contribution in [3.63, 3.8) is 0 Å². The Morgan fingerprint density at radius 1 is 1.21 bits per heavy atom. The summed E-state index contributed by atoms with van der Waals surface area (Å²) in [6.45, 7) is 3.14. The Hall–Kier alpha value is -2.16. The van der Waals surface area contributed by atoms with Crippen LogP contribution in [-0.2, 0) is 21.1 Å². The van der Waals surface area contributed by atoms with Gasteiger partial charge < -0.3 is 14.1 Å². The number of ether oxygens (including phenoxy) is 1. The van der Waals surface area contributed by atoms with Crippen LogP contribution in [0.2, 0.25) is 0 Å². The van der Waals surface area contributed by atoms with E-state index in [4.69, 9.17) is 9.15 Å². The van der Waals surface area contributed by atoms with Crippen molar-refractivity contribution in [3.8, 4) is 0 Å². The number of benzene rings is 1. The fourth-order valence-corrected chi connectivity index (χ4v) is 4.74. The molecule has 3 rings (SSSR count). The smallest absolute Gasteiger partial charge is 0.289 e. The molecule has 0 N–H and O–H groups in total. The van der Waals surface area contributed by atoms with Crippen LogP contribution in [0.1, 0.15) is 29.0 Å². The lowest BCUT2D eigenvalue weighted by Crippen LogP contribution is -2.48. The minimum atomic E-state index is -3.26. The second-order valence-corrected chi connectivity index (χ2v) is 9.34. The van der Waals surface area contributed by atoms with Gasteiger partial charge in [-0.3, -0.25) is 9.69 Å². The van der Waals surface area contributed by atoms with Gasteiger partial charge in [0.15, 0.2) is 15.6 Å². The maximum atomic E-state index is 12.8. The number of carbonyl (C=O) groups is 1. The third kappa shape index (κ3) is 5.46. The minimum absolute atomic E-state index is 0.101. The molecule has 2 aromatic rings. The molecule has 1 saturated heterocycles. The molecule has 1 aliphatic rings. The van der Waals surface area contributed by atoms with Gasteiger partial charge in [-0.2, -0.15) is 0 Å². The molecule has 8 heteroatoms. The summed E-state index contributed by atoms with van der Waals surface area (Å²) in [5.74, 6) is 0.221. The SMILES string of the molecule is COCCN(C(=O)c1ccco1)C1CCN(Cc2ccccc2S(C)(=O)=O)CC1. The summed E-state index contributed by atoms with van der Waals surface area (Å²) in [5, 5.41) is 0. The maximum Gasteiger partial charge on any atom is 0.289 e. The van der Waals surface area contributed by atoms with Gasteiger partial charge in [-0.15, -0.1) is 0 Å². The summed E-state index contributed by atoms with van der Waals surface area (Å²) in [5.41, 5.74) is 0.816. The number of methoxy groups -OCH3 is 1. The quantitative estimate of drug-likeness (QED) is 0.653. The number of furan rings is 1. The number of piperidine rings is 1. The molecule has 0 aliphatic carbocycles. The van der Waals surface area contributed by atoms with E-state index in [2.05, 4.69) is 4.90 Å². The van der Waals surface area contributed by atoms with Crippen molar-refractivity contribution in [1.29, 1.82) is 0 Å². The van der Waals surface area contributed by atoms with Crippen LogP contribution in [0.15, 0.2) is 52.0 Å². The van der Waals surface area contributed by atoms with E-state index in [1.165, 1.54) is 12.5 Å². The van der Waals surface area contributed by atoms with Gasteiger partial charge in [0, 0.05) is 45.6 Å². The number of likely N-dealkylation sites (tertiary alicyclic amines) is 1. The molecule has 2 heterocycles. The second-order valence-electron chi connectivity index (χ2n) is 7.36. The molecule has 0 radical (unpaired) electrons. The molecule has 0 atom stereocenters. The van der Waals surface area contributed by atoms with Crippen molar-refractivity contribution in [2.45, 2.75) is 30.3 Å². The van der Waals surface area contributed by atoms with Crippen LogP contribution in [0.3, 0.4) is 0 Å². The highest BCUT2D eigenvalue weighted by atomic mass is 32.2. The Balaban J connectivity index is 1.65. The third-order valence-electron chi connectivity index (χ3n) is 5.29. The summed E-state index contributed by atoms with van der Waals surface area (Å²) in [7, 11) is -1.64. The molecule has 0 spiro atoms. The van der Waals surface area contributed by atoms with Crippen molar-refractivity contribution in [2.75, 3.05) is 39.6 Å². The Morgan fingerprint density at radius 2 is 1.93 bits per heavy atom. The van der Waals surface area contributed by atoms with E-state index in [1.807, 2.05) is 17.0 Å². The lowest BCUT2D eigenvalue weighted by molar-refractivity contribution is 0.0450. The number of sulfone groups is 1. The van der Waals surface area contributed by atoms with Crippen LogP contribution >= 0.6 is 0 Å². The monoisotopic (exact) mass is 420 g/mol.